The number of non-ortho nitro benzene ring substituents is 1. The zero-order valence-electron chi connectivity index (χ0n) is 7.45. The second-order valence-electron chi connectivity index (χ2n) is 2.76. The fourth-order valence-electron chi connectivity index (χ4n) is 1.11. The van der Waals surface area contributed by atoms with Crippen LogP contribution >= 0.6 is 11.5 Å². The average molecular weight is 222 g/mol. The molecule has 2 rings (SSSR count). The van der Waals surface area contributed by atoms with Crippen LogP contribution in [0.5, 0.6) is 0 Å². The lowest BCUT2D eigenvalue weighted by atomic mass is 10.2. The van der Waals surface area contributed by atoms with Gasteiger partial charge in [-0.25, -0.2) is 0 Å². The number of aromatic nitrogens is 2. The largest absolute Gasteiger partial charge is 0.374 e. The lowest BCUT2D eigenvalue weighted by Crippen LogP contribution is -1.89. The minimum Gasteiger partial charge on any atom is -0.374 e. The van der Waals surface area contributed by atoms with Gasteiger partial charge in [0.2, 0.25) is 0 Å². The number of nitrogens with zero attached hydrogens (tertiary/aromatic N) is 3. The van der Waals surface area contributed by atoms with Gasteiger partial charge in [-0.05, 0) is 0 Å². The summed E-state index contributed by atoms with van der Waals surface area (Å²) in [6.07, 6.45) is 0. The summed E-state index contributed by atoms with van der Waals surface area (Å²) in [7, 11) is 0. The maximum absolute atomic E-state index is 10.5. The van der Waals surface area contributed by atoms with E-state index in [4.69, 9.17) is 5.73 Å². The van der Waals surface area contributed by atoms with Gasteiger partial charge in [-0.15, -0.1) is 0 Å². The number of anilines is 1. The molecule has 0 spiro atoms. The number of rotatable bonds is 2. The normalized spacial score (nSPS) is 10.1. The maximum Gasteiger partial charge on any atom is 0.270 e. The van der Waals surface area contributed by atoms with E-state index in [-0.39, 0.29) is 5.69 Å². The highest BCUT2D eigenvalue weighted by molar-refractivity contribution is 7.09. The number of nitrogen functional groups attached to an aromatic ring is 1. The van der Waals surface area contributed by atoms with E-state index < -0.39 is 4.92 Å². The maximum atomic E-state index is 10.5. The Morgan fingerprint density at radius 2 is 2.27 bits per heavy atom. The summed E-state index contributed by atoms with van der Waals surface area (Å²) in [6, 6.07) is 6.12. The highest BCUT2D eigenvalue weighted by Gasteiger charge is 2.09. The first kappa shape index (κ1) is 9.53. The monoisotopic (exact) mass is 222 g/mol. The van der Waals surface area contributed by atoms with Crippen LogP contribution in [0.15, 0.2) is 24.3 Å². The Labute approximate surface area is 88.7 Å². The smallest absolute Gasteiger partial charge is 0.270 e. The molecule has 1 aromatic carbocycles. The number of nitro groups is 1. The summed E-state index contributed by atoms with van der Waals surface area (Å²) >= 11 is 1.06. The third kappa shape index (κ3) is 1.91. The van der Waals surface area contributed by atoms with Crippen LogP contribution < -0.4 is 5.73 Å². The van der Waals surface area contributed by atoms with Gasteiger partial charge in [0.1, 0.15) is 0 Å². The summed E-state index contributed by atoms with van der Waals surface area (Å²) in [4.78, 5) is 14.0. The molecule has 0 saturated carbocycles. The van der Waals surface area contributed by atoms with Crippen molar-refractivity contribution in [3.8, 4) is 11.4 Å². The predicted molar refractivity (Wildman–Crippen MR) is 56.4 cm³/mol. The van der Waals surface area contributed by atoms with Gasteiger partial charge >= 0.3 is 0 Å². The van der Waals surface area contributed by atoms with Crippen molar-refractivity contribution in [2.75, 3.05) is 5.73 Å². The van der Waals surface area contributed by atoms with Gasteiger partial charge < -0.3 is 5.73 Å². The van der Waals surface area contributed by atoms with Crippen molar-refractivity contribution in [1.29, 1.82) is 0 Å². The molecule has 1 aromatic heterocycles. The van der Waals surface area contributed by atoms with Gasteiger partial charge in [-0.2, -0.15) is 9.36 Å². The van der Waals surface area contributed by atoms with Crippen molar-refractivity contribution >= 4 is 22.4 Å². The molecule has 15 heavy (non-hydrogen) atoms. The molecule has 0 radical (unpaired) electrons. The molecule has 0 bridgehead atoms. The Bertz CT molecular complexity index is 511. The third-order valence-electron chi connectivity index (χ3n) is 1.76. The lowest BCUT2D eigenvalue weighted by molar-refractivity contribution is -0.384. The average Bonchev–Trinajstić information content (AvgIpc) is 2.65. The molecule has 0 fully saturated rings. The van der Waals surface area contributed by atoms with Crippen LogP contribution in [0.2, 0.25) is 0 Å². The first-order chi connectivity index (χ1) is 7.16. The zero-order valence-corrected chi connectivity index (χ0v) is 8.27. The molecular weight excluding hydrogens is 216 g/mol. The van der Waals surface area contributed by atoms with Gasteiger partial charge in [0.25, 0.3) is 5.69 Å². The Hall–Kier alpha value is -2.02. The second kappa shape index (κ2) is 3.62. The molecule has 1 heterocycles. The van der Waals surface area contributed by atoms with Crippen molar-refractivity contribution in [2.45, 2.75) is 0 Å². The van der Waals surface area contributed by atoms with Crippen molar-refractivity contribution in [3.63, 3.8) is 0 Å². The molecule has 0 aliphatic rings. The molecule has 0 amide bonds. The Kier molecular flexibility index (Phi) is 2.30. The van der Waals surface area contributed by atoms with Gasteiger partial charge in [0, 0.05) is 29.2 Å². The number of benzene rings is 1. The first-order valence-corrected chi connectivity index (χ1v) is 4.78. The van der Waals surface area contributed by atoms with Crippen LogP contribution in [0, 0.1) is 10.1 Å². The van der Waals surface area contributed by atoms with Gasteiger partial charge in [0.15, 0.2) is 11.0 Å². The summed E-state index contributed by atoms with van der Waals surface area (Å²) in [6.45, 7) is 0. The Morgan fingerprint density at radius 3 is 2.87 bits per heavy atom. The molecule has 0 aliphatic heterocycles. The van der Waals surface area contributed by atoms with E-state index in [1.54, 1.807) is 12.1 Å². The van der Waals surface area contributed by atoms with E-state index in [2.05, 4.69) is 9.36 Å². The molecule has 76 valence electrons. The van der Waals surface area contributed by atoms with Crippen LogP contribution in [0.25, 0.3) is 11.4 Å². The summed E-state index contributed by atoms with van der Waals surface area (Å²) in [5, 5.41) is 10.9. The van der Waals surface area contributed by atoms with Crippen LogP contribution in [0.3, 0.4) is 0 Å². The van der Waals surface area contributed by atoms with Crippen LogP contribution in [0.1, 0.15) is 0 Å². The first-order valence-electron chi connectivity index (χ1n) is 4.01. The van der Waals surface area contributed by atoms with Crippen molar-refractivity contribution in [2.24, 2.45) is 0 Å². The van der Waals surface area contributed by atoms with Crippen LogP contribution in [-0.4, -0.2) is 14.3 Å². The van der Waals surface area contributed by atoms with E-state index in [0.717, 1.165) is 11.5 Å². The SMILES string of the molecule is Nc1nc(-c2cccc([N+](=O)[O-])c2)ns1. The van der Waals surface area contributed by atoms with E-state index in [9.17, 15) is 10.1 Å². The molecule has 6 nitrogen and oxygen atoms in total. The number of nitrogens with two attached hydrogens (primary N) is 1. The zero-order chi connectivity index (χ0) is 10.8. The van der Waals surface area contributed by atoms with Crippen molar-refractivity contribution < 1.29 is 4.92 Å². The lowest BCUT2D eigenvalue weighted by Gasteiger charge is -1.94. The molecule has 0 atom stereocenters. The number of hydrogen-bond donors (Lipinski definition) is 1. The standard InChI is InChI=1S/C8H6N4O2S/c9-8-10-7(11-15-8)5-2-1-3-6(4-5)12(13)14/h1-4H,(H2,9,10,11). The third-order valence-corrected chi connectivity index (χ3v) is 2.30. The molecule has 7 heteroatoms. The van der Waals surface area contributed by atoms with E-state index in [0.29, 0.717) is 16.5 Å². The van der Waals surface area contributed by atoms with E-state index >= 15 is 0 Å². The van der Waals surface area contributed by atoms with Gasteiger partial charge in [-0.3, -0.25) is 10.1 Å². The molecule has 0 unspecified atom stereocenters. The van der Waals surface area contributed by atoms with E-state index in [1.165, 1.54) is 12.1 Å². The van der Waals surface area contributed by atoms with Gasteiger partial charge in [-0.1, -0.05) is 12.1 Å². The molecule has 2 N–H and O–H groups in total. The van der Waals surface area contributed by atoms with Crippen molar-refractivity contribution in [3.05, 3.63) is 34.4 Å². The molecule has 0 saturated heterocycles. The summed E-state index contributed by atoms with van der Waals surface area (Å²) in [5.41, 5.74) is 6.03. The highest BCUT2D eigenvalue weighted by atomic mass is 32.1. The van der Waals surface area contributed by atoms with E-state index in [1.807, 2.05) is 0 Å². The minimum atomic E-state index is -0.459. The summed E-state index contributed by atoms with van der Waals surface area (Å²) in [5.74, 6) is 0.418. The highest BCUT2D eigenvalue weighted by Crippen LogP contribution is 2.23. The minimum absolute atomic E-state index is 0.0147. The Balaban J connectivity index is 2.45. The predicted octanol–water partition coefficient (Wildman–Crippen LogP) is 1.70. The Morgan fingerprint density at radius 1 is 1.47 bits per heavy atom. The van der Waals surface area contributed by atoms with Crippen LogP contribution in [-0.2, 0) is 0 Å². The molecular formula is C8H6N4O2S. The van der Waals surface area contributed by atoms with Crippen molar-refractivity contribution in [1.82, 2.24) is 9.36 Å². The molecule has 0 aliphatic carbocycles. The second-order valence-corrected chi connectivity index (χ2v) is 3.55. The molecule has 2 aromatic rings. The fourth-order valence-corrected chi connectivity index (χ4v) is 1.56. The summed E-state index contributed by atoms with van der Waals surface area (Å²) < 4.78 is 3.97. The number of hydrogen-bond acceptors (Lipinski definition) is 6. The van der Waals surface area contributed by atoms with Crippen LogP contribution in [0.4, 0.5) is 10.8 Å². The number of nitro benzene ring substituents is 1. The quantitative estimate of drug-likeness (QED) is 0.616. The fraction of sp³-hybridized carbons (Fsp3) is 0. The van der Waals surface area contributed by atoms with Gasteiger partial charge in [0.05, 0.1) is 4.92 Å². The topological polar surface area (TPSA) is 94.9 Å².